The van der Waals surface area contributed by atoms with E-state index < -0.39 is 0 Å². The summed E-state index contributed by atoms with van der Waals surface area (Å²) >= 11 is 0. The fourth-order valence-electron chi connectivity index (χ4n) is 0.102. The van der Waals surface area contributed by atoms with Crippen LogP contribution in [0.1, 0.15) is 0 Å². The first-order chi connectivity index (χ1) is 2.91. The first kappa shape index (κ1) is 5.18. The number of hydrogen-bond donors (Lipinski definition) is 0. The minimum Gasteiger partial charge on any atom is -0.106 e. The van der Waals surface area contributed by atoms with E-state index in [0.29, 0.717) is 6.32 Å². The molecule has 0 heterocycles. The van der Waals surface area contributed by atoms with Crippen molar-refractivity contribution in [2.24, 2.45) is 0 Å². The molecule has 6 heavy (non-hydrogen) atoms. The molecule has 0 atom stereocenters. The van der Waals surface area contributed by atoms with Gasteiger partial charge in [-0.1, -0.05) is 5.92 Å². The smallest absolute Gasteiger partial charge is 0.0828 e. The lowest BCUT2D eigenvalue weighted by molar-refractivity contribution is 1.88. The van der Waals surface area contributed by atoms with Gasteiger partial charge in [0.1, 0.15) is 0 Å². The summed E-state index contributed by atoms with van der Waals surface area (Å²) in [4.78, 5) is 0. The molecule has 2 radical (unpaired) electrons. The average Bonchev–Trinajstić information content (AvgIpc) is 1.61. The van der Waals surface area contributed by atoms with Gasteiger partial charge in [0.15, 0.2) is 0 Å². The van der Waals surface area contributed by atoms with Gasteiger partial charge < -0.3 is 0 Å². The van der Waals surface area contributed by atoms with Crippen molar-refractivity contribution in [3.8, 4) is 24.2 Å². The highest BCUT2D eigenvalue weighted by Gasteiger charge is 1.52. The first-order valence-electron chi connectivity index (χ1n) is 1.55. The summed E-state index contributed by atoms with van der Waals surface area (Å²) < 4.78 is 0. The van der Waals surface area contributed by atoms with E-state index in [9.17, 15) is 0 Å². The average molecular weight is 73.9 g/mol. The molecule has 0 nitrogen and oxygen atoms in total. The highest BCUT2D eigenvalue weighted by Crippen LogP contribution is 1.58. The lowest BCUT2D eigenvalue weighted by Gasteiger charge is -1.57. The molecule has 1 heteroatoms. The van der Waals surface area contributed by atoms with Gasteiger partial charge in [-0.05, 0) is 18.2 Å². The number of hydrogen-bond acceptors (Lipinski definition) is 0. The molecule has 26 valence electrons. The van der Waals surface area contributed by atoms with Crippen molar-refractivity contribution in [2.75, 3.05) is 0 Å². The molecule has 0 aromatic rings. The molecule has 0 rings (SSSR count). The van der Waals surface area contributed by atoms with E-state index in [1.807, 2.05) is 0 Å². The Morgan fingerprint density at radius 2 is 2.33 bits per heavy atom. The lowest BCUT2D eigenvalue weighted by Crippen LogP contribution is -1.54. The Hall–Kier alpha value is -0.815. The predicted octanol–water partition coefficient (Wildman–Crippen LogP) is 0.210. The highest BCUT2D eigenvalue weighted by atomic mass is 13.5. The largest absolute Gasteiger partial charge is 0.106 e. The van der Waals surface area contributed by atoms with Crippen LogP contribution in [-0.2, 0) is 0 Å². The van der Waals surface area contributed by atoms with Crippen LogP contribution in [0.15, 0.2) is 0 Å². The molecule has 0 bridgehead atoms. The van der Waals surface area contributed by atoms with Crippen LogP contribution in [0, 0.1) is 24.2 Å². The quantitative estimate of drug-likeness (QED) is 0.284. The number of terminal acetylenes is 1. The molecule has 0 aliphatic rings. The Bertz CT molecular complexity index is 108. The molecular formula is C5H3B. The second kappa shape index (κ2) is 4.18. The summed E-state index contributed by atoms with van der Waals surface area (Å²) in [7, 11) is 4.95. The molecule has 0 aromatic heterocycles. The molecule has 0 aliphatic carbocycles. The van der Waals surface area contributed by atoms with Gasteiger partial charge in [-0.15, -0.1) is 6.42 Å². The first-order valence-corrected chi connectivity index (χ1v) is 1.55. The molecule has 0 spiro atoms. The van der Waals surface area contributed by atoms with E-state index in [1.165, 1.54) is 0 Å². The maximum Gasteiger partial charge on any atom is 0.0828 e. The van der Waals surface area contributed by atoms with Crippen LogP contribution < -0.4 is 0 Å². The minimum absolute atomic E-state index is 0.351. The molecule has 0 unspecified atom stereocenters. The summed E-state index contributed by atoms with van der Waals surface area (Å²) in [5, 5.41) is 0. The lowest BCUT2D eigenvalue weighted by atomic mass is 10.1. The normalized spacial score (nSPS) is 4.50. The van der Waals surface area contributed by atoms with Crippen LogP contribution in [0.5, 0.6) is 0 Å². The van der Waals surface area contributed by atoms with Gasteiger partial charge in [-0.25, -0.2) is 0 Å². The molecule has 0 amide bonds. The summed E-state index contributed by atoms with van der Waals surface area (Å²) in [6.45, 7) is 0. The van der Waals surface area contributed by atoms with Crippen molar-refractivity contribution < 1.29 is 0 Å². The highest BCUT2D eigenvalue weighted by molar-refractivity contribution is 6.10. The minimum atomic E-state index is 0.351. The summed E-state index contributed by atoms with van der Waals surface area (Å²) in [6.07, 6.45) is 5.09. The summed E-state index contributed by atoms with van der Waals surface area (Å²) in [5.41, 5.74) is 0. The fraction of sp³-hybridized carbons (Fsp3) is 0.200. The summed E-state index contributed by atoms with van der Waals surface area (Å²) in [6, 6.07) is 0. The molecule has 0 N–H and O–H groups in total. The standard InChI is InChI=1S/C5H3B/c1-2-3-4-5-6/h1H,5H2. The van der Waals surface area contributed by atoms with Gasteiger partial charge in [-0.2, -0.15) is 0 Å². The Labute approximate surface area is 39.3 Å². The van der Waals surface area contributed by atoms with Crippen LogP contribution >= 0.6 is 0 Å². The monoisotopic (exact) mass is 74.0 g/mol. The van der Waals surface area contributed by atoms with Crippen molar-refractivity contribution in [1.82, 2.24) is 0 Å². The van der Waals surface area contributed by atoms with E-state index in [1.54, 1.807) is 0 Å². The van der Waals surface area contributed by atoms with Gasteiger partial charge in [-0.3, -0.25) is 0 Å². The topological polar surface area (TPSA) is 0 Å². The third-order valence-electron chi connectivity index (χ3n) is 0.263. The SMILES string of the molecule is [B]CC#CC#C. The van der Waals surface area contributed by atoms with Gasteiger partial charge >= 0.3 is 0 Å². The Kier molecular flexibility index (Phi) is 3.62. The molecule has 0 saturated heterocycles. The van der Waals surface area contributed by atoms with Crippen LogP contribution in [0.3, 0.4) is 0 Å². The van der Waals surface area contributed by atoms with Gasteiger partial charge in [0.2, 0.25) is 0 Å². The van der Waals surface area contributed by atoms with Crippen molar-refractivity contribution in [2.45, 2.75) is 6.32 Å². The van der Waals surface area contributed by atoms with E-state index >= 15 is 0 Å². The maximum atomic E-state index is 4.95. The molecule has 0 fully saturated rings. The summed E-state index contributed by atoms with van der Waals surface area (Å²) in [5.74, 6) is 6.97. The van der Waals surface area contributed by atoms with Gasteiger partial charge in [0.25, 0.3) is 0 Å². The van der Waals surface area contributed by atoms with Crippen LogP contribution in [0.25, 0.3) is 0 Å². The van der Waals surface area contributed by atoms with Crippen LogP contribution in [0.2, 0.25) is 6.32 Å². The third-order valence-corrected chi connectivity index (χ3v) is 0.263. The third kappa shape index (κ3) is 3.18. The van der Waals surface area contributed by atoms with Crippen LogP contribution in [0.4, 0.5) is 0 Å². The Balaban J connectivity index is 3.22. The molecule has 0 aromatic carbocycles. The number of rotatable bonds is 0. The maximum absolute atomic E-state index is 4.95. The fourth-order valence-corrected chi connectivity index (χ4v) is 0.102. The van der Waals surface area contributed by atoms with Crippen molar-refractivity contribution >= 4 is 7.85 Å². The zero-order valence-corrected chi connectivity index (χ0v) is 3.36. The molecule has 0 saturated carbocycles. The molecule has 0 aliphatic heterocycles. The van der Waals surface area contributed by atoms with E-state index in [0.717, 1.165) is 0 Å². The zero-order chi connectivity index (χ0) is 4.83. The second-order valence-electron chi connectivity index (χ2n) is 0.650. The second-order valence-corrected chi connectivity index (χ2v) is 0.650. The van der Waals surface area contributed by atoms with E-state index in [4.69, 9.17) is 14.3 Å². The van der Waals surface area contributed by atoms with Crippen molar-refractivity contribution in [3.63, 3.8) is 0 Å². The van der Waals surface area contributed by atoms with Crippen molar-refractivity contribution in [3.05, 3.63) is 0 Å². The predicted molar refractivity (Wildman–Crippen MR) is 27.2 cm³/mol. The van der Waals surface area contributed by atoms with Crippen molar-refractivity contribution in [1.29, 1.82) is 0 Å². The van der Waals surface area contributed by atoms with E-state index in [-0.39, 0.29) is 0 Å². The van der Waals surface area contributed by atoms with Crippen LogP contribution in [-0.4, -0.2) is 7.85 Å². The van der Waals surface area contributed by atoms with Gasteiger partial charge in [0, 0.05) is 0 Å². The van der Waals surface area contributed by atoms with E-state index in [2.05, 4.69) is 17.8 Å². The Morgan fingerprint density at radius 3 is 2.50 bits per heavy atom. The molecular weight excluding hydrogens is 70.9 g/mol. The Morgan fingerprint density at radius 1 is 1.67 bits per heavy atom. The zero-order valence-electron chi connectivity index (χ0n) is 3.36. The van der Waals surface area contributed by atoms with Gasteiger partial charge in [0.05, 0.1) is 7.85 Å².